The first kappa shape index (κ1) is 55.0. The second-order valence-corrected chi connectivity index (χ2v) is 30.1. The standard InChI is InChI=1S/C54H75NO13S2Si/c1-32-38(65-48(60)43(66-49(61)63-27-20-14-19-25-37-26-28-69-70-37)42(35-21-15-12-16-22-35)55-47(59)36-23-17-13-18-24-36)30-54(62)46(68-71(10,11)50(4,5)6)44-52(9,45(58)33(2)41(32)51(54,7)8)39(57)29-40-53(44,31-64-40)67-34(3)56/h12-13,15-18,21-24,33,37-40,42-44,46,57,62H,14,19-20,25-31H2,1-11H3,(H,55,59)/t33-,37?,38+,39+,40?,42+,43-,44+,46+,52-,53+,54-/m1/s1. The summed E-state index contributed by atoms with van der Waals surface area (Å²) in [6.45, 7) is 20.4. The van der Waals surface area contributed by atoms with Crippen molar-refractivity contribution in [2.45, 2.75) is 178 Å². The van der Waals surface area contributed by atoms with Crippen LogP contribution in [-0.4, -0.2) is 114 Å². The molecule has 0 radical (unpaired) electrons. The highest BCUT2D eigenvalue weighted by Gasteiger charge is 2.77. The van der Waals surface area contributed by atoms with Crippen LogP contribution in [0.25, 0.3) is 0 Å². The second kappa shape index (κ2) is 21.3. The van der Waals surface area contributed by atoms with Crippen molar-refractivity contribution >= 4 is 59.7 Å². The van der Waals surface area contributed by atoms with E-state index >= 15 is 9.59 Å². The molecule has 2 aromatic rings. The Hall–Kier alpha value is -3.71. The summed E-state index contributed by atoms with van der Waals surface area (Å²) in [6, 6.07) is 15.8. The van der Waals surface area contributed by atoms with Crippen molar-refractivity contribution in [3.63, 3.8) is 0 Å². The number of Topliss-reactive ketones (excluding diaryl/α,β-unsaturated/α-hetero) is 1. The molecular weight excluding hydrogens is 963 g/mol. The van der Waals surface area contributed by atoms with Crippen LogP contribution in [-0.2, 0) is 42.5 Å². The van der Waals surface area contributed by atoms with E-state index in [9.17, 15) is 24.6 Å². The van der Waals surface area contributed by atoms with Gasteiger partial charge in [-0.25, -0.2) is 9.59 Å². The molecule has 4 fully saturated rings. The van der Waals surface area contributed by atoms with E-state index in [-0.39, 0.29) is 31.8 Å². The molecule has 2 saturated carbocycles. The molecule has 390 valence electrons. The van der Waals surface area contributed by atoms with Gasteiger partial charge >= 0.3 is 18.1 Å². The Kier molecular flexibility index (Phi) is 16.5. The molecule has 7 rings (SSSR count). The van der Waals surface area contributed by atoms with Crippen LogP contribution in [0.15, 0.2) is 71.8 Å². The zero-order valence-corrected chi connectivity index (χ0v) is 45.9. The van der Waals surface area contributed by atoms with E-state index in [0.717, 1.165) is 25.0 Å². The number of amides is 1. The van der Waals surface area contributed by atoms with Gasteiger partial charge < -0.3 is 43.6 Å². The molecule has 1 amide bonds. The molecule has 2 bridgehead atoms. The van der Waals surface area contributed by atoms with Crippen molar-refractivity contribution < 1.29 is 62.3 Å². The first-order chi connectivity index (χ1) is 33.3. The van der Waals surface area contributed by atoms with Gasteiger partial charge in [0.1, 0.15) is 29.6 Å². The first-order valence-electron chi connectivity index (χ1n) is 25.2. The van der Waals surface area contributed by atoms with E-state index in [1.807, 2.05) is 48.5 Å². The molecule has 2 heterocycles. The van der Waals surface area contributed by atoms with Crippen molar-refractivity contribution in [1.29, 1.82) is 0 Å². The fourth-order valence-corrected chi connectivity index (χ4v) is 16.1. The normalized spacial score (nSPS) is 32.1. The van der Waals surface area contributed by atoms with E-state index in [1.54, 1.807) is 81.4 Å². The zero-order chi connectivity index (χ0) is 51.9. The lowest BCUT2D eigenvalue weighted by atomic mass is 9.44. The lowest BCUT2D eigenvalue weighted by Crippen LogP contribution is -2.81. The van der Waals surface area contributed by atoms with Crippen molar-refractivity contribution in [3.8, 4) is 0 Å². The lowest BCUT2D eigenvalue weighted by molar-refractivity contribution is -0.344. The lowest BCUT2D eigenvalue weighted by Gasteiger charge is -2.69. The minimum atomic E-state index is -2.97. The highest BCUT2D eigenvalue weighted by atomic mass is 33.1. The summed E-state index contributed by atoms with van der Waals surface area (Å²) in [7, 11) is 0.856. The predicted molar refractivity (Wildman–Crippen MR) is 275 cm³/mol. The molecule has 71 heavy (non-hydrogen) atoms. The van der Waals surface area contributed by atoms with E-state index in [4.69, 9.17) is 28.1 Å². The Bertz CT molecular complexity index is 2320. The molecule has 2 aromatic carbocycles. The summed E-state index contributed by atoms with van der Waals surface area (Å²) in [5.74, 6) is -3.47. The third-order valence-corrected chi connectivity index (χ3v) is 24.3. The van der Waals surface area contributed by atoms with Gasteiger partial charge in [-0.05, 0) is 80.1 Å². The Balaban J connectivity index is 1.30. The minimum absolute atomic E-state index is 0.0117. The number of carbonyl (C=O) groups excluding carboxylic acids is 5. The molecule has 3 aliphatic carbocycles. The van der Waals surface area contributed by atoms with Crippen LogP contribution in [0.3, 0.4) is 0 Å². The van der Waals surface area contributed by atoms with Crippen LogP contribution in [0.5, 0.6) is 0 Å². The molecule has 5 aliphatic rings. The number of nitrogens with one attached hydrogen (secondary N) is 1. The summed E-state index contributed by atoms with van der Waals surface area (Å²) in [5.41, 5.74) is -4.61. The third-order valence-electron chi connectivity index (χ3n) is 16.8. The van der Waals surface area contributed by atoms with Gasteiger partial charge in [0.05, 0.1) is 30.8 Å². The number of rotatable bonds is 16. The van der Waals surface area contributed by atoms with Crippen LogP contribution < -0.4 is 5.32 Å². The van der Waals surface area contributed by atoms with E-state index in [1.165, 1.54) is 13.3 Å². The summed E-state index contributed by atoms with van der Waals surface area (Å²) in [6.07, 6.45) is -3.13. The molecule has 0 spiro atoms. The van der Waals surface area contributed by atoms with Crippen molar-refractivity contribution in [3.05, 3.63) is 82.9 Å². The fraction of sp³-hybridized carbons (Fsp3) is 0.648. The maximum atomic E-state index is 15.6. The molecule has 2 unspecified atom stereocenters. The third kappa shape index (κ3) is 10.5. The maximum Gasteiger partial charge on any atom is 0.509 e. The monoisotopic (exact) mass is 1040 g/mol. The molecule has 17 heteroatoms. The molecule has 0 aromatic heterocycles. The van der Waals surface area contributed by atoms with Gasteiger partial charge in [0, 0.05) is 53.6 Å². The second-order valence-electron chi connectivity index (χ2n) is 22.6. The molecule has 2 aliphatic heterocycles. The number of hydrogen-bond donors (Lipinski definition) is 3. The SMILES string of the molecule is CC(=O)O[C@@]12COC1C[C@H](O)[C@@]1(C)C(=O)[C@H](C)C3=C(C)[C@@H](OC(=O)[C@H](OC(=O)OCCCCCC4CCSS4)[C@@H](NC(=O)c4ccccc4)c4ccccc4)C[C@@](O)([C@@H](O[Si](C)(C)C(C)(C)C)[C@@H]12)C3(C)C. The van der Waals surface area contributed by atoms with Crippen molar-refractivity contribution in [2.75, 3.05) is 19.0 Å². The fourth-order valence-electron chi connectivity index (χ4n) is 11.8. The van der Waals surface area contributed by atoms with Gasteiger partial charge in [-0.2, -0.15) is 0 Å². The average Bonchev–Trinajstić information content (AvgIpc) is 3.83. The van der Waals surface area contributed by atoms with Crippen LogP contribution in [0.4, 0.5) is 4.79 Å². The number of hydrogen-bond acceptors (Lipinski definition) is 15. The number of ketones is 1. The summed E-state index contributed by atoms with van der Waals surface area (Å²) in [5, 5.41) is 29.5. The molecule has 14 nitrogen and oxygen atoms in total. The Morgan fingerprint density at radius 1 is 0.986 bits per heavy atom. The number of fused-ring (bicyclic) bond motifs is 5. The van der Waals surface area contributed by atoms with Crippen molar-refractivity contribution in [1.82, 2.24) is 5.32 Å². The predicted octanol–water partition coefficient (Wildman–Crippen LogP) is 9.48. The van der Waals surface area contributed by atoms with Gasteiger partial charge in [0.15, 0.2) is 13.9 Å². The Morgan fingerprint density at radius 3 is 2.24 bits per heavy atom. The molecular formula is C54H75NO13S2Si. The molecule has 3 N–H and O–H groups in total. The number of aliphatic hydroxyl groups is 2. The number of esters is 2. The Labute approximate surface area is 428 Å². The largest absolute Gasteiger partial charge is 0.509 e. The molecule has 2 saturated heterocycles. The number of benzene rings is 2. The smallest absolute Gasteiger partial charge is 0.455 e. The van der Waals surface area contributed by atoms with Crippen LogP contribution in [0.1, 0.15) is 129 Å². The number of unbranched alkanes of at least 4 members (excludes halogenated alkanes) is 2. The zero-order valence-electron chi connectivity index (χ0n) is 43.2. The summed E-state index contributed by atoms with van der Waals surface area (Å²) >= 11 is 0. The maximum absolute atomic E-state index is 15.6. The number of aliphatic hydroxyl groups excluding tert-OH is 1. The number of ether oxygens (including phenoxy) is 5. The van der Waals surface area contributed by atoms with Crippen LogP contribution in [0.2, 0.25) is 18.1 Å². The highest BCUT2D eigenvalue weighted by molar-refractivity contribution is 8.77. The van der Waals surface area contributed by atoms with Gasteiger partial charge in [-0.15, -0.1) is 0 Å². The number of carbonyl (C=O) groups is 5. The van der Waals surface area contributed by atoms with Crippen LogP contribution >= 0.6 is 21.6 Å². The topological polar surface area (TPSA) is 193 Å². The van der Waals surface area contributed by atoms with E-state index in [0.29, 0.717) is 33.9 Å². The summed E-state index contributed by atoms with van der Waals surface area (Å²) in [4.78, 5) is 71.9. The van der Waals surface area contributed by atoms with Gasteiger partial charge in [-0.1, -0.05) is 125 Å². The van der Waals surface area contributed by atoms with Crippen molar-refractivity contribution in [2.24, 2.45) is 22.7 Å². The highest BCUT2D eigenvalue weighted by Crippen LogP contribution is 2.65. The van der Waals surface area contributed by atoms with E-state index in [2.05, 4.69) is 26.1 Å². The van der Waals surface area contributed by atoms with Gasteiger partial charge in [0.2, 0.25) is 6.10 Å². The van der Waals surface area contributed by atoms with Gasteiger partial charge in [0.25, 0.3) is 5.91 Å². The molecule has 12 atom stereocenters. The van der Waals surface area contributed by atoms with E-state index < -0.39 is 108 Å². The first-order valence-corrected chi connectivity index (χ1v) is 30.5. The van der Waals surface area contributed by atoms with Crippen LogP contribution in [0, 0.1) is 22.7 Å². The van der Waals surface area contributed by atoms with Gasteiger partial charge in [-0.3, -0.25) is 14.4 Å². The quantitative estimate of drug-likeness (QED) is 0.0359. The minimum Gasteiger partial charge on any atom is -0.455 e. The Morgan fingerprint density at radius 2 is 1.65 bits per heavy atom. The average molecular weight is 1040 g/mol. The summed E-state index contributed by atoms with van der Waals surface area (Å²) < 4.78 is 38.0.